The van der Waals surface area contributed by atoms with E-state index in [0.717, 1.165) is 23.0 Å². The maximum absolute atomic E-state index is 11.3. The van der Waals surface area contributed by atoms with Gasteiger partial charge in [0, 0.05) is 17.2 Å². The molecular formula is C16H16O3. The monoisotopic (exact) mass is 256 g/mol. The highest BCUT2D eigenvalue weighted by Gasteiger charge is 2.15. The number of hydrogen-bond acceptors (Lipinski definition) is 3. The third kappa shape index (κ3) is 2.45. The Labute approximate surface area is 112 Å². The maximum atomic E-state index is 11.3. The van der Waals surface area contributed by atoms with E-state index in [0.29, 0.717) is 17.1 Å². The van der Waals surface area contributed by atoms with Crippen molar-refractivity contribution < 1.29 is 14.3 Å². The van der Waals surface area contributed by atoms with Crippen LogP contribution in [0.5, 0.6) is 11.5 Å². The van der Waals surface area contributed by atoms with Crippen LogP contribution in [-0.4, -0.2) is 20.5 Å². The third-order valence-corrected chi connectivity index (χ3v) is 3.10. The van der Waals surface area contributed by atoms with E-state index in [-0.39, 0.29) is 0 Å². The van der Waals surface area contributed by atoms with E-state index in [1.54, 1.807) is 26.4 Å². The van der Waals surface area contributed by atoms with E-state index in [2.05, 4.69) is 0 Å². The maximum Gasteiger partial charge on any atom is 0.150 e. The summed E-state index contributed by atoms with van der Waals surface area (Å²) in [7, 11) is 3.15. The zero-order chi connectivity index (χ0) is 13.8. The molecular weight excluding hydrogens is 240 g/mol. The van der Waals surface area contributed by atoms with Crippen molar-refractivity contribution in [2.45, 2.75) is 6.92 Å². The zero-order valence-electron chi connectivity index (χ0n) is 11.3. The van der Waals surface area contributed by atoms with E-state index >= 15 is 0 Å². The summed E-state index contributed by atoms with van der Waals surface area (Å²) in [6.07, 6.45) is 0.826. The van der Waals surface area contributed by atoms with Gasteiger partial charge in [-0.25, -0.2) is 0 Å². The number of ether oxygens (including phenoxy) is 2. The topological polar surface area (TPSA) is 35.5 Å². The number of rotatable bonds is 4. The van der Waals surface area contributed by atoms with Gasteiger partial charge in [-0.1, -0.05) is 24.3 Å². The van der Waals surface area contributed by atoms with Crippen molar-refractivity contribution in [3.63, 3.8) is 0 Å². The minimum atomic E-state index is 0.561. The molecule has 0 N–H and O–H groups in total. The normalized spacial score (nSPS) is 10.1. The first kappa shape index (κ1) is 13.1. The summed E-state index contributed by atoms with van der Waals surface area (Å²) in [5, 5.41) is 0. The van der Waals surface area contributed by atoms with Crippen LogP contribution in [0.25, 0.3) is 11.1 Å². The fraction of sp³-hybridized carbons (Fsp3) is 0.188. The standard InChI is InChI=1S/C16H16O3/c1-11-6-4-5-7-14(11)16-12(10-17)8-13(18-2)9-15(16)19-3/h4-10H,1-3H3. The molecule has 0 unspecified atom stereocenters. The van der Waals surface area contributed by atoms with Gasteiger partial charge in [-0.05, 0) is 24.1 Å². The fourth-order valence-electron chi connectivity index (χ4n) is 2.12. The summed E-state index contributed by atoms with van der Waals surface area (Å²) >= 11 is 0. The van der Waals surface area contributed by atoms with Crippen LogP contribution in [0.4, 0.5) is 0 Å². The van der Waals surface area contributed by atoms with Gasteiger partial charge in [-0.3, -0.25) is 4.79 Å². The van der Waals surface area contributed by atoms with Crippen LogP contribution in [0.1, 0.15) is 15.9 Å². The molecule has 3 nitrogen and oxygen atoms in total. The molecule has 2 aromatic carbocycles. The Morgan fingerprint density at radius 3 is 2.37 bits per heavy atom. The van der Waals surface area contributed by atoms with Crippen LogP contribution in [0.2, 0.25) is 0 Å². The molecule has 0 saturated carbocycles. The lowest BCUT2D eigenvalue weighted by molar-refractivity contribution is 0.112. The molecule has 0 fully saturated rings. The van der Waals surface area contributed by atoms with Crippen LogP contribution in [0.3, 0.4) is 0 Å². The molecule has 0 bridgehead atoms. The molecule has 3 heteroatoms. The quantitative estimate of drug-likeness (QED) is 0.785. The first-order valence-corrected chi connectivity index (χ1v) is 5.98. The summed E-state index contributed by atoms with van der Waals surface area (Å²) in [6.45, 7) is 2.01. The van der Waals surface area contributed by atoms with Crippen molar-refractivity contribution >= 4 is 6.29 Å². The second kappa shape index (κ2) is 5.57. The van der Waals surface area contributed by atoms with Gasteiger partial charge in [-0.2, -0.15) is 0 Å². The highest BCUT2D eigenvalue weighted by molar-refractivity contribution is 5.92. The van der Waals surface area contributed by atoms with Crippen molar-refractivity contribution in [2.24, 2.45) is 0 Å². The second-order valence-electron chi connectivity index (χ2n) is 4.23. The number of methoxy groups -OCH3 is 2. The SMILES string of the molecule is COc1cc(C=O)c(-c2ccccc2C)c(OC)c1. The molecule has 0 spiro atoms. The molecule has 0 saturated heterocycles. The second-order valence-corrected chi connectivity index (χ2v) is 4.23. The molecule has 2 rings (SSSR count). The number of carbonyl (C=O) groups excluding carboxylic acids is 1. The van der Waals surface area contributed by atoms with Crippen LogP contribution >= 0.6 is 0 Å². The molecule has 0 aliphatic heterocycles. The predicted octanol–water partition coefficient (Wildman–Crippen LogP) is 3.49. The molecule has 0 heterocycles. The van der Waals surface area contributed by atoms with Crippen molar-refractivity contribution in [2.75, 3.05) is 14.2 Å². The Kier molecular flexibility index (Phi) is 3.85. The summed E-state index contributed by atoms with van der Waals surface area (Å²) in [6, 6.07) is 11.4. The number of hydrogen-bond donors (Lipinski definition) is 0. The zero-order valence-corrected chi connectivity index (χ0v) is 11.3. The molecule has 98 valence electrons. The van der Waals surface area contributed by atoms with Gasteiger partial charge in [0.15, 0.2) is 6.29 Å². The largest absolute Gasteiger partial charge is 0.497 e. The summed E-state index contributed by atoms with van der Waals surface area (Å²) in [5.41, 5.74) is 3.44. The highest BCUT2D eigenvalue weighted by Crippen LogP contribution is 2.37. The van der Waals surface area contributed by atoms with Crippen molar-refractivity contribution in [1.82, 2.24) is 0 Å². The smallest absolute Gasteiger partial charge is 0.150 e. The average molecular weight is 256 g/mol. The van der Waals surface area contributed by atoms with E-state index in [1.807, 2.05) is 31.2 Å². The average Bonchev–Trinajstić information content (AvgIpc) is 2.46. The molecule has 0 atom stereocenters. The van der Waals surface area contributed by atoms with E-state index in [9.17, 15) is 4.79 Å². The Hall–Kier alpha value is -2.29. The molecule has 0 aromatic heterocycles. The molecule has 0 aliphatic carbocycles. The molecule has 0 aliphatic rings. The summed E-state index contributed by atoms with van der Waals surface area (Å²) in [4.78, 5) is 11.3. The molecule has 0 radical (unpaired) electrons. The van der Waals surface area contributed by atoms with Gasteiger partial charge in [-0.15, -0.1) is 0 Å². The fourth-order valence-corrected chi connectivity index (χ4v) is 2.12. The van der Waals surface area contributed by atoms with Gasteiger partial charge >= 0.3 is 0 Å². The van der Waals surface area contributed by atoms with Gasteiger partial charge in [0.1, 0.15) is 11.5 Å². The summed E-state index contributed by atoms with van der Waals surface area (Å²) < 4.78 is 10.6. The number of aldehydes is 1. The third-order valence-electron chi connectivity index (χ3n) is 3.10. The highest BCUT2D eigenvalue weighted by atomic mass is 16.5. The Balaban J connectivity index is 2.74. The number of benzene rings is 2. The first-order chi connectivity index (χ1) is 9.21. The lowest BCUT2D eigenvalue weighted by atomic mass is 9.95. The lowest BCUT2D eigenvalue weighted by Gasteiger charge is -2.15. The Morgan fingerprint density at radius 1 is 1.05 bits per heavy atom. The Bertz CT molecular complexity index is 603. The van der Waals surface area contributed by atoms with Crippen LogP contribution in [0, 0.1) is 6.92 Å². The first-order valence-electron chi connectivity index (χ1n) is 5.98. The van der Waals surface area contributed by atoms with Gasteiger partial charge < -0.3 is 9.47 Å². The lowest BCUT2D eigenvalue weighted by Crippen LogP contribution is -1.97. The van der Waals surface area contributed by atoms with E-state index < -0.39 is 0 Å². The van der Waals surface area contributed by atoms with Gasteiger partial charge in [0.2, 0.25) is 0 Å². The van der Waals surface area contributed by atoms with Crippen LogP contribution in [0.15, 0.2) is 36.4 Å². The predicted molar refractivity (Wildman–Crippen MR) is 75.1 cm³/mol. The molecule has 19 heavy (non-hydrogen) atoms. The van der Waals surface area contributed by atoms with Crippen molar-refractivity contribution in [3.8, 4) is 22.6 Å². The van der Waals surface area contributed by atoms with Crippen molar-refractivity contribution in [3.05, 3.63) is 47.5 Å². The van der Waals surface area contributed by atoms with Gasteiger partial charge in [0.05, 0.1) is 14.2 Å². The van der Waals surface area contributed by atoms with Gasteiger partial charge in [0.25, 0.3) is 0 Å². The number of carbonyl (C=O) groups is 1. The Morgan fingerprint density at radius 2 is 1.79 bits per heavy atom. The van der Waals surface area contributed by atoms with E-state index in [1.165, 1.54) is 0 Å². The van der Waals surface area contributed by atoms with Crippen molar-refractivity contribution in [1.29, 1.82) is 0 Å². The molecule has 2 aromatic rings. The minimum Gasteiger partial charge on any atom is -0.497 e. The van der Waals surface area contributed by atoms with Crippen LogP contribution in [-0.2, 0) is 0 Å². The number of aryl methyl sites for hydroxylation is 1. The van der Waals surface area contributed by atoms with E-state index in [4.69, 9.17) is 9.47 Å². The van der Waals surface area contributed by atoms with Crippen LogP contribution < -0.4 is 9.47 Å². The molecule has 0 amide bonds. The minimum absolute atomic E-state index is 0.561. The summed E-state index contributed by atoms with van der Waals surface area (Å²) in [5.74, 6) is 1.24.